The Morgan fingerprint density at radius 2 is 1.96 bits per heavy atom. The molecule has 27 heavy (non-hydrogen) atoms. The summed E-state index contributed by atoms with van der Waals surface area (Å²) in [5.74, 6) is 0.292. The van der Waals surface area contributed by atoms with Gasteiger partial charge in [-0.15, -0.1) is 11.3 Å². The van der Waals surface area contributed by atoms with Gasteiger partial charge in [-0.3, -0.25) is 9.59 Å². The van der Waals surface area contributed by atoms with Crippen LogP contribution in [0.5, 0.6) is 0 Å². The van der Waals surface area contributed by atoms with Gasteiger partial charge in [-0.1, -0.05) is 6.07 Å². The third-order valence-corrected chi connectivity index (χ3v) is 5.59. The fourth-order valence-electron chi connectivity index (χ4n) is 3.03. The minimum Gasteiger partial charge on any atom is -0.377 e. The van der Waals surface area contributed by atoms with Crippen LogP contribution in [0.3, 0.4) is 0 Å². The molecule has 2 aromatic rings. The molecule has 1 aliphatic rings. The van der Waals surface area contributed by atoms with Crippen molar-refractivity contribution in [2.45, 2.75) is 39.3 Å². The summed E-state index contributed by atoms with van der Waals surface area (Å²) < 4.78 is 0. The molecule has 1 fully saturated rings. The predicted octanol–water partition coefficient (Wildman–Crippen LogP) is 4.21. The minimum atomic E-state index is 0.0390. The number of carbonyl (C=O) groups excluding carboxylic acids is 2. The Morgan fingerprint density at radius 1 is 1.22 bits per heavy atom. The highest BCUT2D eigenvalue weighted by Crippen LogP contribution is 2.31. The Bertz CT molecular complexity index is 811. The average Bonchev–Trinajstić information content (AvgIpc) is 3.33. The van der Waals surface area contributed by atoms with Crippen molar-refractivity contribution in [2.24, 2.45) is 5.92 Å². The number of nitrogens with one attached hydrogen (secondary N) is 1. The maximum Gasteiger partial charge on any atom is 0.264 e. The van der Waals surface area contributed by atoms with Gasteiger partial charge in [-0.05, 0) is 61.9 Å². The van der Waals surface area contributed by atoms with E-state index in [1.165, 1.54) is 11.3 Å². The molecule has 0 spiro atoms. The topological polar surface area (TPSA) is 52.7 Å². The number of thiophene rings is 1. The second kappa shape index (κ2) is 8.13. The van der Waals surface area contributed by atoms with Crippen LogP contribution >= 0.6 is 11.3 Å². The van der Waals surface area contributed by atoms with Gasteiger partial charge in [-0.25, -0.2) is 0 Å². The van der Waals surface area contributed by atoms with Crippen molar-refractivity contribution in [3.63, 3.8) is 0 Å². The summed E-state index contributed by atoms with van der Waals surface area (Å²) in [5, 5.41) is 4.93. The van der Waals surface area contributed by atoms with Crippen LogP contribution in [0, 0.1) is 5.92 Å². The molecule has 0 radical (unpaired) electrons. The highest BCUT2D eigenvalue weighted by atomic mass is 32.1. The van der Waals surface area contributed by atoms with Gasteiger partial charge in [0.25, 0.3) is 5.91 Å². The highest BCUT2D eigenvalue weighted by molar-refractivity contribution is 7.12. The standard InChI is InChI=1S/C21H27N3O2S/c1-14(2)24(21(26)19-6-5-11-27-19)13-16-12-17(9-10-18(16)23(3)4)22-20(25)15-7-8-15/h5-6,9-12,14-15H,7-8,13H2,1-4H3,(H,22,25). The monoisotopic (exact) mass is 385 g/mol. The van der Waals surface area contributed by atoms with E-state index < -0.39 is 0 Å². The van der Waals surface area contributed by atoms with Crippen molar-refractivity contribution in [1.82, 2.24) is 4.90 Å². The quantitative estimate of drug-likeness (QED) is 0.777. The van der Waals surface area contributed by atoms with Crippen molar-refractivity contribution in [3.05, 3.63) is 46.2 Å². The van der Waals surface area contributed by atoms with E-state index >= 15 is 0 Å². The Kier molecular flexibility index (Phi) is 5.85. The first-order valence-corrected chi connectivity index (χ1v) is 10.2. The SMILES string of the molecule is CC(C)N(Cc1cc(NC(=O)C2CC2)ccc1N(C)C)C(=O)c1cccs1. The first-order valence-electron chi connectivity index (χ1n) is 9.32. The summed E-state index contributed by atoms with van der Waals surface area (Å²) in [5.41, 5.74) is 2.86. The smallest absolute Gasteiger partial charge is 0.264 e. The van der Waals surface area contributed by atoms with E-state index in [-0.39, 0.29) is 23.8 Å². The molecule has 1 aliphatic carbocycles. The van der Waals surface area contributed by atoms with Crippen LogP contribution in [0.1, 0.15) is 41.9 Å². The van der Waals surface area contributed by atoms with Crippen molar-refractivity contribution in [2.75, 3.05) is 24.3 Å². The van der Waals surface area contributed by atoms with Crippen molar-refractivity contribution in [1.29, 1.82) is 0 Å². The minimum absolute atomic E-state index is 0.0390. The zero-order valence-corrected chi connectivity index (χ0v) is 17.2. The van der Waals surface area contributed by atoms with Gasteiger partial charge in [0.05, 0.1) is 4.88 Å². The van der Waals surface area contributed by atoms with Crippen LogP contribution in [-0.2, 0) is 11.3 Å². The third kappa shape index (κ3) is 4.69. The lowest BCUT2D eigenvalue weighted by Gasteiger charge is -2.29. The number of benzene rings is 1. The van der Waals surface area contributed by atoms with Crippen molar-refractivity contribution < 1.29 is 9.59 Å². The molecule has 6 heteroatoms. The summed E-state index contributed by atoms with van der Waals surface area (Å²) in [6.07, 6.45) is 1.95. The lowest BCUT2D eigenvalue weighted by molar-refractivity contribution is -0.117. The fraction of sp³-hybridized carbons (Fsp3) is 0.429. The number of nitrogens with zero attached hydrogens (tertiary/aromatic N) is 2. The third-order valence-electron chi connectivity index (χ3n) is 4.73. The fourth-order valence-corrected chi connectivity index (χ4v) is 3.71. The predicted molar refractivity (Wildman–Crippen MR) is 111 cm³/mol. The van der Waals surface area contributed by atoms with Crippen molar-refractivity contribution in [3.8, 4) is 0 Å². The molecule has 0 aliphatic heterocycles. The molecule has 2 amide bonds. The molecule has 144 valence electrons. The molecule has 1 aromatic carbocycles. The van der Waals surface area contributed by atoms with Crippen LogP contribution in [0.15, 0.2) is 35.7 Å². The number of anilines is 2. The van der Waals surface area contributed by atoms with Gasteiger partial charge in [0.2, 0.25) is 5.91 Å². The lowest BCUT2D eigenvalue weighted by Crippen LogP contribution is -2.36. The molecule has 0 bridgehead atoms. The summed E-state index contributed by atoms with van der Waals surface area (Å²) in [6, 6.07) is 9.76. The zero-order chi connectivity index (χ0) is 19.6. The van der Waals surface area contributed by atoms with Crippen LogP contribution in [0.2, 0.25) is 0 Å². The Hall–Kier alpha value is -2.34. The van der Waals surface area contributed by atoms with Crippen LogP contribution in [0.4, 0.5) is 11.4 Å². The van der Waals surface area contributed by atoms with Gasteiger partial charge < -0.3 is 15.1 Å². The summed E-state index contributed by atoms with van der Waals surface area (Å²) in [6.45, 7) is 4.55. The maximum absolute atomic E-state index is 12.9. The largest absolute Gasteiger partial charge is 0.377 e. The second-order valence-electron chi connectivity index (χ2n) is 7.51. The number of rotatable bonds is 7. The van der Waals surface area contributed by atoms with Crippen LogP contribution in [-0.4, -0.2) is 36.9 Å². The number of hydrogen-bond acceptors (Lipinski definition) is 4. The molecule has 0 saturated heterocycles. The molecule has 0 atom stereocenters. The van der Waals surface area contributed by atoms with E-state index in [0.29, 0.717) is 6.54 Å². The van der Waals surface area contributed by atoms with E-state index in [9.17, 15) is 9.59 Å². The molecule has 3 rings (SSSR count). The molecular weight excluding hydrogens is 358 g/mol. The zero-order valence-electron chi connectivity index (χ0n) is 16.4. The highest BCUT2D eigenvalue weighted by Gasteiger charge is 2.29. The lowest BCUT2D eigenvalue weighted by atomic mass is 10.1. The molecule has 0 unspecified atom stereocenters. The molecule has 1 heterocycles. The van der Waals surface area contributed by atoms with Gasteiger partial charge in [0.15, 0.2) is 0 Å². The average molecular weight is 386 g/mol. The first-order chi connectivity index (χ1) is 12.9. The van der Waals surface area contributed by atoms with Crippen molar-refractivity contribution >= 4 is 34.5 Å². The summed E-state index contributed by atoms with van der Waals surface area (Å²) >= 11 is 1.46. The van der Waals surface area contributed by atoms with E-state index in [4.69, 9.17) is 0 Å². The Morgan fingerprint density at radius 3 is 2.52 bits per heavy atom. The van der Waals surface area contributed by atoms with Gasteiger partial charge in [-0.2, -0.15) is 0 Å². The molecule has 5 nitrogen and oxygen atoms in total. The van der Waals surface area contributed by atoms with Crippen LogP contribution in [0.25, 0.3) is 0 Å². The Balaban J connectivity index is 1.86. The first kappa shape index (κ1) is 19.4. The van der Waals surface area contributed by atoms with E-state index in [1.807, 2.05) is 73.5 Å². The Labute approximate surface area is 165 Å². The van der Waals surface area contributed by atoms with E-state index in [1.54, 1.807) is 0 Å². The van der Waals surface area contributed by atoms with Gasteiger partial charge in [0.1, 0.15) is 0 Å². The normalized spacial score (nSPS) is 13.5. The van der Waals surface area contributed by atoms with Gasteiger partial charge >= 0.3 is 0 Å². The molecular formula is C21H27N3O2S. The molecule has 1 saturated carbocycles. The molecule has 1 aromatic heterocycles. The second-order valence-corrected chi connectivity index (χ2v) is 8.45. The van der Waals surface area contributed by atoms with Crippen LogP contribution < -0.4 is 10.2 Å². The summed E-state index contributed by atoms with van der Waals surface area (Å²) in [7, 11) is 3.98. The maximum atomic E-state index is 12.9. The summed E-state index contributed by atoms with van der Waals surface area (Å²) in [4.78, 5) is 29.7. The number of carbonyl (C=O) groups is 2. The van der Waals surface area contributed by atoms with E-state index in [2.05, 4.69) is 5.32 Å². The number of amides is 2. The van der Waals surface area contributed by atoms with E-state index in [0.717, 1.165) is 34.7 Å². The number of hydrogen-bond donors (Lipinski definition) is 1. The molecule has 1 N–H and O–H groups in total. The van der Waals surface area contributed by atoms with Gasteiger partial charge in [0, 0.05) is 44.0 Å².